The lowest BCUT2D eigenvalue weighted by molar-refractivity contribution is -0.0894. The molecule has 0 spiro atoms. The van der Waals surface area contributed by atoms with Crippen LogP contribution in [0.2, 0.25) is 0 Å². The van der Waals surface area contributed by atoms with Gasteiger partial charge in [0.05, 0.1) is 5.57 Å². The van der Waals surface area contributed by atoms with Gasteiger partial charge in [-0.2, -0.15) is 13.2 Å². The molecule has 0 bridgehead atoms. The Morgan fingerprint density at radius 1 is 1.44 bits per heavy atom. The normalized spacial score (nSPS) is 20.1. The summed E-state index contributed by atoms with van der Waals surface area (Å²) >= 11 is 5.68. The maximum Gasteiger partial charge on any atom is 0.417 e. The lowest BCUT2D eigenvalue weighted by Gasteiger charge is -2.13. The molecule has 1 aliphatic carbocycles. The quantitative estimate of drug-likeness (QED) is 0.491. The third kappa shape index (κ3) is 3.44. The molecule has 0 nitrogen and oxygen atoms in total. The van der Waals surface area contributed by atoms with Crippen LogP contribution in [0.1, 0.15) is 12.8 Å². The number of alkyl halides is 3. The number of rotatable bonds is 2. The number of hydrogen-bond donors (Lipinski definition) is 0. The topological polar surface area (TPSA) is 0 Å². The zero-order valence-electron chi connectivity index (χ0n) is 8.44. The van der Waals surface area contributed by atoms with Gasteiger partial charge >= 0.3 is 6.18 Å². The van der Waals surface area contributed by atoms with Crippen LogP contribution in [0.25, 0.3) is 0 Å². The van der Waals surface area contributed by atoms with Crippen molar-refractivity contribution in [3.8, 4) is 0 Å². The Morgan fingerprint density at radius 3 is 2.69 bits per heavy atom. The van der Waals surface area contributed by atoms with Crippen molar-refractivity contribution in [3.05, 3.63) is 52.8 Å². The molecule has 0 atom stereocenters. The fourth-order valence-electron chi connectivity index (χ4n) is 1.27. The number of allylic oxidation sites excluding steroid dienone is 6. The van der Waals surface area contributed by atoms with E-state index in [1.54, 1.807) is 0 Å². The van der Waals surface area contributed by atoms with E-state index >= 15 is 0 Å². The van der Waals surface area contributed by atoms with E-state index in [2.05, 4.69) is 12.3 Å². The fourth-order valence-corrected chi connectivity index (χ4v) is 1.41. The van der Waals surface area contributed by atoms with E-state index in [1.807, 2.05) is 0 Å². The van der Waals surface area contributed by atoms with Gasteiger partial charge in [0.1, 0.15) is 0 Å². The third-order valence-electron chi connectivity index (χ3n) is 1.98. The molecule has 0 aromatic heterocycles. The summed E-state index contributed by atoms with van der Waals surface area (Å²) < 4.78 is 38.1. The minimum Gasteiger partial charge on any atom is -0.166 e. The second kappa shape index (κ2) is 5.24. The minimum absolute atomic E-state index is 0.0860. The summed E-state index contributed by atoms with van der Waals surface area (Å²) in [5.74, 6) is 0. The lowest BCUT2D eigenvalue weighted by Crippen LogP contribution is -2.13. The highest BCUT2D eigenvalue weighted by molar-refractivity contribution is 6.29. The molecule has 0 amide bonds. The van der Waals surface area contributed by atoms with Crippen LogP contribution < -0.4 is 0 Å². The van der Waals surface area contributed by atoms with Gasteiger partial charge < -0.3 is 0 Å². The van der Waals surface area contributed by atoms with E-state index < -0.39 is 11.7 Å². The standard InChI is InChI=1S/C12H10ClF3/c1-2-4-9-5-3-6-10(13)7-8-11(9)12(14,15)16/h2-3,7-8H,1,4,6H2/b10-7+,11-8?. The largest absolute Gasteiger partial charge is 0.417 e. The predicted octanol–water partition coefficient (Wildman–Crippen LogP) is 4.66. The Bertz CT molecular complexity index is 404. The molecule has 4 heteroatoms. The molecule has 1 aliphatic rings. The highest BCUT2D eigenvalue weighted by Gasteiger charge is 2.35. The van der Waals surface area contributed by atoms with Crippen LogP contribution >= 0.6 is 11.6 Å². The molecular weight excluding hydrogens is 237 g/mol. The first-order chi connectivity index (χ1) is 7.45. The second-order valence-electron chi connectivity index (χ2n) is 3.22. The van der Waals surface area contributed by atoms with E-state index in [0.717, 1.165) is 6.08 Å². The molecule has 0 aromatic carbocycles. The lowest BCUT2D eigenvalue weighted by atomic mass is 10.0. The van der Waals surface area contributed by atoms with Crippen LogP contribution in [0.5, 0.6) is 0 Å². The van der Waals surface area contributed by atoms with Gasteiger partial charge in [-0.15, -0.1) is 12.3 Å². The van der Waals surface area contributed by atoms with E-state index in [-0.39, 0.29) is 12.0 Å². The first-order valence-corrected chi connectivity index (χ1v) is 5.02. The van der Waals surface area contributed by atoms with Gasteiger partial charge in [0.15, 0.2) is 0 Å². The predicted molar refractivity (Wildman–Crippen MR) is 59.1 cm³/mol. The molecular formula is C12H10ClF3. The van der Waals surface area contributed by atoms with E-state index in [4.69, 9.17) is 11.6 Å². The molecule has 0 N–H and O–H groups in total. The molecule has 0 heterocycles. The summed E-state index contributed by atoms with van der Waals surface area (Å²) in [6, 6.07) is 0. The van der Waals surface area contributed by atoms with Crippen molar-refractivity contribution in [1.82, 2.24) is 0 Å². The molecule has 1 rings (SSSR count). The van der Waals surface area contributed by atoms with Gasteiger partial charge in [-0.25, -0.2) is 0 Å². The maximum absolute atomic E-state index is 12.7. The number of hydrogen-bond acceptors (Lipinski definition) is 0. The van der Waals surface area contributed by atoms with Gasteiger partial charge in [-0.05, 0) is 24.6 Å². The fraction of sp³-hybridized carbons (Fsp3) is 0.250. The van der Waals surface area contributed by atoms with Crippen LogP contribution in [0, 0.1) is 0 Å². The SMILES string of the molecule is C=CCC1=C=CC/C(Cl)=C\C=C1C(F)(F)F. The van der Waals surface area contributed by atoms with Crippen molar-refractivity contribution in [2.75, 3.05) is 0 Å². The average Bonchev–Trinajstić information content (AvgIpc) is 2.12. The van der Waals surface area contributed by atoms with Crippen molar-refractivity contribution in [2.45, 2.75) is 19.0 Å². The number of halogens is 4. The van der Waals surface area contributed by atoms with Crippen molar-refractivity contribution >= 4 is 11.6 Å². The van der Waals surface area contributed by atoms with Crippen LogP contribution in [-0.2, 0) is 0 Å². The van der Waals surface area contributed by atoms with Crippen molar-refractivity contribution < 1.29 is 13.2 Å². The summed E-state index contributed by atoms with van der Waals surface area (Å²) in [7, 11) is 0. The molecule has 0 saturated carbocycles. The summed E-state index contributed by atoms with van der Waals surface area (Å²) in [5, 5.41) is 0.354. The minimum atomic E-state index is -4.40. The Morgan fingerprint density at radius 2 is 2.12 bits per heavy atom. The zero-order chi connectivity index (χ0) is 12.2. The van der Waals surface area contributed by atoms with Gasteiger partial charge in [0, 0.05) is 17.0 Å². The molecule has 0 fully saturated rings. The highest BCUT2D eigenvalue weighted by Crippen LogP contribution is 2.33. The van der Waals surface area contributed by atoms with E-state index in [0.29, 0.717) is 11.5 Å². The molecule has 16 heavy (non-hydrogen) atoms. The van der Waals surface area contributed by atoms with Gasteiger partial charge in [-0.1, -0.05) is 17.7 Å². The Balaban J connectivity index is 3.22. The first-order valence-electron chi connectivity index (χ1n) is 4.64. The van der Waals surface area contributed by atoms with Crippen LogP contribution in [0.4, 0.5) is 13.2 Å². The Kier molecular flexibility index (Phi) is 4.22. The maximum atomic E-state index is 12.7. The molecule has 86 valence electrons. The summed E-state index contributed by atoms with van der Waals surface area (Å²) in [4.78, 5) is 0. The smallest absolute Gasteiger partial charge is 0.166 e. The van der Waals surface area contributed by atoms with E-state index in [9.17, 15) is 13.2 Å². The molecule has 0 radical (unpaired) electrons. The highest BCUT2D eigenvalue weighted by atomic mass is 35.5. The van der Waals surface area contributed by atoms with E-state index in [1.165, 1.54) is 18.2 Å². The summed E-state index contributed by atoms with van der Waals surface area (Å²) in [6.07, 6.45) is 1.30. The van der Waals surface area contributed by atoms with Crippen molar-refractivity contribution in [2.24, 2.45) is 0 Å². The second-order valence-corrected chi connectivity index (χ2v) is 3.70. The average molecular weight is 247 g/mol. The van der Waals surface area contributed by atoms with Crippen LogP contribution in [0.3, 0.4) is 0 Å². The molecule has 0 saturated heterocycles. The van der Waals surface area contributed by atoms with Crippen molar-refractivity contribution in [1.29, 1.82) is 0 Å². The molecule has 0 aromatic rings. The van der Waals surface area contributed by atoms with Crippen LogP contribution in [-0.4, -0.2) is 6.18 Å². The first kappa shape index (κ1) is 12.9. The Hall–Kier alpha value is -1.18. The third-order valence-corrected chi connectivity index (χ3v) is 2.26. The zero-order valence-corrected chi connectivity index (χ0v) is 9.20. The van der Waals surface area contributed by atoms with Gasteiger partial charge in [0.25, 0.3) is 0 Å². The van der Waals surface area contributed by atoms with Gasteiger partial charge in [-0.3, -0.25) is 0 Å². The monoisotopic (exact) mass is 246 g/mol. The molecule has 0 aliphatic heterocycles. The Labute approximate surface area is 97.1 Å². The van der Waals surface area contributed by atoms with Gasteiger partial charge in [0.2, 0.25) is 0 Å². The summed E-state index contributed by atoms with van der Waals surface area (Å²) in [5.41, 5.74) is 1.98. The molecule has 0 unspecified atom stereocenters. The van der Waals surface area contributed by atoms with Crippen molar-refractivity contribution in [3.63, 3.8) is 0 Å². The van der Waals surface area contributed by atoms with Crippen LogP contribution in [0.15, 0.2) is 52.8 Å². The summed E-state index contributed by atoms with van der Waals surface area (Å²) in [6.45, 7) is 3.43.